The first kappa shape index (κ1) is 23.1. The van der Waals surface area contributed by atoms with Gasteiger partial charge in [0.2, 0.25) is 0 Å². The summed E-state index contributed by atoms with van der Waals surface area (Å²) in [7, 11) is 0. The van der Waals surface area contributed by atoms with Crippen LogP contribution in [0.3, 0.4) is 0 Å². The number of aromatic nitrogens is 3. The number of pyridine rings is 1. The molecule has 3 aromatic rings. The minimum absolute atomic E-state index is 0.00215. The molecule has 1 aromatic carbocycles. The van der Waals surface area contributed by atoms with E-state index in [1.807, 2.05) is 0 Å². The lowest BCUT2D eigenvalue weighted by Gasteiger charge is -2.22. The summed E-state index contributed by atoms with van der Waals surface area (Å²) >= 11 is 0. The largest absolute Gasteiger partial charge is 0.465 e. The molecule has 0 bridgehead atoms. The third kappa shape index (κ3) is 4.89. The fraction of sp³-hybridized carbons (Fsp3) is 0.552. The van der Waals surface area contributed by atoms with Gasteiger partial charge in [0, 0.05) is 23.7 Å². The Kier molecular flexibility index (Phi) is 6.98. The molecule has 0 atom stereocenters. The minimum atomic E-state index is -0.00215. The molecule has 5 heteroatoms. The molecule has 5 nitrogen and oxygen atoms in total. The number of hydrogen-bond acceptors (Lipinski definition) is 4. The van der Waals surface area contributed by atoms with E-state index < -0.39 is 0 Å². The lowest BCUT2D eigenvalue weighted by atomic mass is 9.88. The first-order chi connectivity index (χ1) is 16.6. The maximum atomic E-state index is 12.3. The van der Waals surface area contributed by atoms with Gasteiger partial charge >= 0.3 is 5.97 Å². The smallest absolute Gasteiger partial charge is 0.308 e. The fourth-order valence-electron chi connectivity index (χ4n) is 5.84. The summed E-state index contributed by atoms with van der Waals surface area (Å²) in [6, 6.07) is 10.9. The molecule has 0 unspecified atom stereocenters. The lowest BCUT2D eigenvalue weighted by molar-refractivity contribution is -0.149. The van der Waals surface area contributed by atoms with Crippen molar-refractivity contribution in [2.24, 2.45) is 5.92 Å². The van der Waals surface area contributed by atoms with Crippen molar-refractivity contribution in [3.05, 3.63) is 53.1 Å². The number of fused-ring (bicyclic) bond motifs is 1. The van der Waals surface area contributed by atoms with E-state index in [1.165, 1.54) is 49.9 Å². The molecule has 0 amide bonds. The summed E-state index contributed by atoms with van der Waals surface area (Å²) in [5.74, 6) is 1.79. The topological polar surface area (TPSA) is 57.0 Å². The van der Waals surface area contributed by atoms with E-state index in [4.69, 9.17) is 9.72 Å². The molecule has 0 radical (unpaired) electrons. The summed E-state index contributed by atoms with van der Waals surface area (Å²) in [6.45, 7) is 4.58. The van der Waals surface area contributed by atoms with Crippen LogP contribution in [0.2, 0.25) is 0 Å². The molecule has 2 saturated carbocycles. The zero-order chi connectivity index (χ0) is 23.5. The lowest BCUT2D eigenvalue weighted by Crippen LogP contribution is -2.21. The molecule has 2 aliphatic carbocycles. The molecule has 5 rings (SSSR count). The summed E-state index contributed by atoms with van der Waals surface area (Å²) in [5, 5.41) is 0. The maximum absolute atomic E-state index is 12.3. The van der Waals surface area contributed by atoms with Crippen molar-refractivity contribution in [3.63, 3.8) is 0 Å². The van der Waals surface area contributed by atoms with Crippen molar-refractivity contribution >= 4 is 17.0 Å². The number of benzene rings is 1. The zero-order valence-corrected chi connectivity index (χ0v) is 20.7. The van der Waals surface area contributed by atoms with Gasteiger partial charge in [-0.05, 0) is 63.3 Å². The third-order valence-corrected chi connectivity index (χ3v) is 7.71. The molecule has 0 saturated heterocycles. The van der Waals surface area contributed by atoms with Crippen LogP contribution in [0.5, 0.6) is 0 Å². The van der Waals surface area contributed by atoms with Gasteiger partial charge in [0.15, 0.2) is 0 Å². The number of nitrogens with zero attached hydrogens (tertiary/aromatic N) is 3. The van der Waals surface area contributed by atoms with Gasteiger partial charge in [0.1, 0.15) is 11.3 Å². The summed E-state index contributed by atoms with van der Waals surface area (Å²) in [5.41, 5.74) is 6.54. The number of esters is 1. The normalized spacial score (nSPS) is 17.8. The molecule has 2 fully saturated rings. The Morgan fingerprint density at radius 3 is 2.32 bits per heavy atom. The predicted molar refractivity (Wildman–Crippen MR) is 135 cm³/mol. The van der Waals surface area contributed by atoms with Crippen LogP contribution in [0, 0.1) is 19.8 Å². The average Bonchev–Trinajstić information content (AvgIpc) is 3.25. The van der Waals surface area contributed by atoms with Crippen LogP contribution in [-0.2, 0) is 16.0 Å². The molecule has 0 N–H and O–H groups in total. The number of carbonyl (C=O) groups excluding carboxylic acids is 1. The molecule has 2 heterocycles. The van der Waals surface area contributed by atoms with E-state index in [2.05, 4.69) is 53.7 Å². The van der Waals surface area contributed by atoms with Gasteiger partial charge in [-0.25, -0.2) is 4.98 Å². The van der Waals surface area contributed by atoms with Gasteiger partial charge < -0.3 is 4.74 Å². The van der Waals surface area contributed by atoms with Crippen molar-refractivity contribution in [3.8, 4) is 5.69 Å². The van der Waals surface area contributed by atoms with Crippen LogP contribution in [0.1, 0.15) is 92.9 Å². The number of hydrogen-bond donors (Lipinski definition) is 0. The van der Waals surface area contributed by atoms with Crippen molar-refractivity contribution in [1.29, 1.82) is 0 Å². The number of carbonyl (C=O) groups is 1. The van der Waals surface area contributed by atoms with Crippen LogP contribution < -0.4 is 0 Å². The molecule has 180 valence electrons. The van der Waals surface area contributed by atoms with Gasteiger partial charge in [-0.15, -0.1) is 0 Å². The number of imidazole rings is 1. The Morgan fingerprint density at radius 1 is 0.941 bits per heavy atom. The second-order valence-corrected chi connectivity index (χ2v) is 10.3. The standard InChI is InChI=1S/C29H37N3O2/c1-20-19-26-27(21(2)30-20)31-28(23-9-5-3-6-10-23)32(26)25-15-13-22(14-16-25)17-18-34-29(33)24-11-7-4-8-12-24/h13-16,19,23-24H,3-12,17-18H2,1-2H3. The van der Waals surface area contributed by atoms with E-state index in [9.17, 15) is 4.79 Å². The molecule has 34 heavy (non-hydrogen) atoms. The van der Waals surface area contributed by atoms with Crippen LogP contribution in [0.25, 0.3) is 16.7 Å². The molecular weight excluding hydrogens is 422 g/mol. The van der Waals surface area contributed by atoms with Gasteiger partial charge in [0.25, 0.3) is 0 Å². The number of rotatable bonds is 6. The Morgan fingerprint density at radius 2 is 1.62 bits per heavy atom. The fourth-order valence-corrected chi connectivity index (χ4v) is 5.84. The quantitative estimate of drug-likeness (QED) is 0.383. The highest BCUT2D eigenvalue weighted by Crippen LogP contribution is 2.36. The second kappa shape index (κ2) is 10.3. The second-order valence-electron chi connectivity index (χ2n) is 10.3. The predicted octanol–water partition coefficient (Wildman–Crippen LogP) is 6.75. The Bertz CT molecular complexity index is 1140. The first-order valence-corrected chi connectivity index (χ1v) is 13.2. The van der Waals surface area contributed by atoms with Gasteiger partial charge in [-0.1, -0.05) is 50.7 Å². The van der Waals surface area contributed by atoms with Crippen molar-refractivity contribution in [2.45, 2.75) is 90.4 Å². The Balaban J connectivity index is 1.35. The van der Waals surface area contributed by atoms with Crippen molar-refractivity contribution < 1.29 is 9.53 Å². The summed E-state index contributed by atoms with van der Waals surface area (Å²) in [6.07, 6.45) is 12.6. The zero-order valence-electron chi connectivity index (χ0n) is 20.7. The Hall–Kier alpha value is -2.69. The van der Waals surface area contributed by atoms with Crippen molar-refractivity contribution in [1.82, 2.24) is 14.5 Å². The van der Waals surface area contributed by atoms with Crippen LogP contribution in [0.4, 0.5) is 0 Å². The molecule has 2 aromatic heterocycles. The van der Waals surface area contributed by atoms with E-state index in [1.54, 1.807) is 0 Å². The maximum Gasteiger partial charge on any atom is 0.308 e. The van der Waals surface area contributed by atoms with Gasteiger partial charge in [0.05, 0.1) is 23.7 Å². The highest BCUT2D eigenvalue weighted by Gasteiger charge is 2.25. The monoisotopic (exact) mass is 459 g/mol. The SMILES string of the molecule is Cc1cc2c(nc(C3CCCCC3)n2-c2ccc(CCOC(=O)C3CCCCC3)cc2)c(C)n1. The van der Waals surface area contributed by atoms with Crippen molar-refractivity contribution in [2.75, 3.05) is 6.61 Å². The van der Waals surface area contributed by atoms with Crippen LogP contribution in [-0.4, -0.2) is 27.1 Å². The molecule has 0 spiro atoms. The molecular formula is C29H37N3O2. The van der Waals surface area contributed by atoms with E-state index in [-0.39, 0.29) is 11.9 Å². The minimum Gasteiger partial charge on any atom is -0.465 e. The van der Waals surface area contributed by atoms with E-state index in [0.29, 0.717) is 12.5 Å². The number of aryl methyl sites for hydroxylation is 2. The number of ether oxygens (including phenoxy) is 1. The summed E-state index contributed by atoms with van der Waals surface area (Å²) in [4.78, 5) is 22.1. The highest BCUT2D eigenvalue weighted by atomic mass is 16.5. The van der Waals surface area contributed by atoms with Crippen LogP contribution in [0.15, 0.2) is 30.3 Å². The molecule has 0 aliphatic heterocycles. The average molecular weight is 460 g/mol. The van der Waals surface area contributed by atoms with E-state index >= 15 is 0 Å². The highest BCUT2D eigenvalue weighted by molar-refractivity contribution is 5.81. The van der Waals surface area contributed by atoms with Crippen LogP contribution >= 0.6 is 0 Å². The van der Waals surface area contributed by atoms with Gasteiger partial charge in [-0.3, -0.25) is 14.3 Å². The summed E-state index contributed by atoms with van der Waals surface area (Å²) < 4.78 is 7.97. The Labute approximate surface area is 202 Å². The van der Waals surface area contributed by atoms with Gasteiger partial charge in [-0.2, -0.15) is 0 Å². The first-order valence-electron chi connectivity index (χ1n) is 13.2. The molecule has 2 aliphatic rings. The van der Waals surface area contributed by atoms with E-state index in [0.717, 1.165) is 60.2 Å². The third-order valence-electron chi connectivity index (χ3n) is 7.71.